The molecular weight excluding hydrogens is 228 g/mol. The Labute approximate surface area is 108 Å². The quantitative estimate of drug-likeness (QED) is 0.691. The van der Waals surface area contributed by atoms with E-state index in [2.05, 4.69) is 62.4 Å². The van der Waals surface area contributed by atoms with Crippen LogP contribution in [0.5, 0.6) is 0 Å². The van der Waals surface area contributed by atoms with Crippen molar-refractivity contribution in [1.82, 2.24) is 0 Å². The van der Waals surface area contributed by atoms with Gasteiger partial charge in [-0.2, -0.15) is 0 Å². The van der Waals surface area contributed by atoms with Crippen LogP contribution in [0.25, 0.3) is 0 Å². The molecule has 2 aromatic carbocycles. The van der Waals surface area contributed by atoms with Crippen molar-refractivity contribution in [2.24, 2.45) is 0 Å². The van der Waals surface area contributed by atoms with Gasteiger partial charge in [0.1, 0.15) is 0 Å². The smallest absolute Gasteiger partial charge is 0.0442 e. The molecule has 0 heterocycles. The lowest BCUT2D eigenvalue weighted by atomic mass is 9.74. The molecule has 0 spiro atoms. The molecule has 2 aromatic rings. The maximum Gasteiger partial charge on any atom is 0.0442 e. The first-order valence-corrected chi connectivity index (χ1v) is 6.34. The molecule has 0 fully saturated rings. The zero-order valence-electron chi connectivity index (χ0n) is 10.2. The summed E-state index contributed by atoms with van der Waals surface area (Å²) in [6, 6.07) is 20.9. The topological polar surface area (TPSA) is 0 Å². The summed E-state index contributed by atoms with van der Waals surface area (Å²) < 4.78 is 0. The van der Waals surface area contributed by atoms with E-state index in [9.17, 15) is 0 Å². The lowest BCUT2D eigenvalue weighted by Crippen LogP contribution is -2.32. The SMILES string of the molecule is CC(Cl)C(C)(c1ccccc1)c1ccccc1. The highest BCUT2D eigenvalue weighted by Crippen LogP contribution is 2.37. The van der Waals surface area contributed by atoms with Crippen LogP contribution in [0.1, 0.15) is 25.0 Å². The Bertz CT molecular complexity index is 420. The minimum Gasteiger partial charge on any atom is -0.122 e. The van der Waals surface area contributed by atoms with Gasteiger partial charge in [-0.05, 0) is 25.0 Å². The van der Waals surface area contributed by atoms with Crippen molar-refractivity contribution < 1.29 is 0 Å². The van der Waals surface area contributed by atoms with Crippen LogP contribution in [0.4, 0.5) is 0 Å². The molecule has 88 valence electrons. The summed E-state index contributed by atoms with van der Waals surface area (Å²) in [5.41, 5.74) is 2.37. The summed E-state index contributed by atoms with van der Waals surface area (Å²) in [6.45, 7) is 4.26. The van der Waals surface area contributed by atoms with Crippen LogP contribution in [0.3, 0.4) is 0 Å². The van der Waals surface area contributed by atoms with Gasteiger partial charge >= 0.3 is 0 Å². The number of hydrogen-bond acceptors (Lipinski definition) is 0. The van der Waals surface area contributed by atoms with E-state index < -0.39 is 0 Å². The van der Waals surface area contributed by atoms with Crippen molar-refractivity contribution in [3.8, 4) is 0 Å². The molecule has 0 aliphatic heterocycles. The van der Waals surface area contributed by atoms with Crippen LogP contribution < -0.4 is 0 Å². The second-order valence-corrected chi connectivity index (χ2v) is 5.21. The molecule has 1 heteroatoms. The average Bonchev–Trinajstić information content (AvgIpc) is 2.39. The summed E-state index contributed by atoms with van der Waals surface area (Å²) in [4.78, 5) is 0. The predicted molar refractivity (Wildman–Crippen MR) is 74.7 cm³/mol. The zero-order chi connectivity index (χ0) is 12.3. The van der Waals surface area contributed by atoms with Crippen molar-refractivity contribution in [3.63, 3.8) is 0 Å². The molecule has 0 bridgehead atoms. The van der Waals surface area contributed by atoms with Crippen molar-refractivity contribution >= 4 is 11.6 Å². The van der Waals surface area contributed by atoms with Gasteiger partial charge in [-0.3, -0.25) is 0 Å². The van der Waals surface area contributed by atoms with Gasteiger partial charge in [0.05, 0.1) is 0 Å². The molecule has 0 amide bonds. The van der Waals surface area contributed by atoms with Gasteiger partial charge in [0.2, 0.25) is 0 Å². The second-order valence-electron chi connectivity index (χ2n) is 4.55. The first kappa shape index (κ1) is 12.2. The Hall–Kier alpha value is -1.27. The molecule has 0 aliphatic rings. The molecule has 0 radical (unpaired) electrons. The fourth-order valence-electron chi connectivity index (χ4n) is 2.19. The van der Waals surface area contributed by atoms with Gasteiger partial charge in [-0.25, -0.2) is 0 Å². The Balaban J connectivity index is 2.55. The summed E-state index contributed by atoms with van der Waals surface area (Å²) >= 11 is 6.45. The largest absolute Gasteiger partial charge is 0.122 e. The van der Waals surface area contributed by atoms with Crippen LogP contribution >= 0.6 is 11.6 Å². The lowest BCUT2D eigenvalue weighted by molar-refractivity contribution is 0.558. The van der Waals surface area contributed by atoms with E-state index in [-0.39, 0.29) is 10.8 Å². The first-order valence-electron chi connectivity index (χ1n) is 5.91. The second kappa shape index (κ2) is 4.93. The number of alkyl halides is 1. The first-order chi connectivity index (χ1) is 8.15. The molecule has 0 aliphatic carbocycles. The lowest BCUT2D eigenvalue weighted by Gasteiger charge is -2.33. The van der Waals surface area contributed by atoms with Gasteiger partial charge in [0, 0.05) is 10.8 Å². The van der Waals surface area contributed by atoms with E-state index in [0.717, 1.165) is 0 Å². The maximum absolute atomic E-state index is 6.45. The van der Waals surface area contributed by atoms with E-state index in [4.69, 9.17) is 11.6 Å². The fourth-order valence-corrected chi connectivity index (χ4v) is 2.45. The molecule has 0 aromatic heterocycles. The van der Waals surface area contributed by atoms with Crippen molar-refractivity contribution in [1.29, 1.82) is 0 Å². The highest BCUT2D eigenvalue weighted by Gasteiger charge is 2.33. The molecule has 1 unspecified atom stereocenters. The summed E-state index contributed by atoms with van der Waals surface area (Å²) in [7, 11) is 0. The molecule has 0 nitrogen and oxygen atoms in total. The zero-order valence-corrected chi connectivity index (χ0v) is 11.0. The van der Waals surface area contributed by atoms with E-state index in [0.29, 0.717) is 0 Å². The third kappa shape index (κ3) is 2.23. The third-order valence-corrected chi connectivity index (χ3v) is 3.98. The fraction of sp³-hybridized carbons (Fsp3) is 0.250. The number of hydrogen-bond donors (Lipinski definition) is 0. The van der Waals surface area contributed by atoms with E-state index >= 15 is 0 Å². The third-order valence-electron chi connectivity index (χ3n) is 3.54. The Kier molecular flexibility index (Phi) is 3.54. The van der Waals surface area contributed by atoms with Crippen molar-refractivity contribution in [3.05, 3.63) is 71.8 Å². The molecular formula is C16H17Cl. The molecule has 2 rings (SSSR count). The predicted octanol–water partition coefficient (Wildman–Crippen LogP) is 4.62. The summed E-state index contributed by atoms with van der Waals surface area (Å²) in [5.74, 6) is 0. The van der Waals surface area contributed by atoms with Crippen LogP contribution in [0.2, 0.25) is 0 Å². The Morgan fingerprint density at radius 3 is 1.47 bits per heavy atom. The van der Waals surface area contributed by atoms with Gasteiger partial charge < -0.3 is 0 Å². The van der Waals surface area contributed by atoms with Gasteiger partial charge in [-0.15, -0.1) is 11.6 Å². The summed E-state index contributed by atoms with van der Waals surface area (Å²) in [5, 5.41) is 0.0345. The summed E-state index contributed by atoms with van der Waals surface area (Å²) in [6.07, 6.45) is 0. The highest BCUT2D eigenvalue weighted by molar-refractivity contribution is 6.21. The van der Waals surface area contributed by atoms with Crippen LogP contribution in [0.15, 0.2) is 60.7 Å². The van der Waals surface area contributed by atoms with Crippen LogP contribution in [0, 0.1) is 0 Å². The van der Waals surface area contributed by atoms with E-state index in [1.165, 1.54) is 11.1 Å². The van der Waals surface area contributed by atoms with Crippen LogP contribution in [-0.4, -0.2) is 5.38 Å². The maximum atomic E-state index is 6.45. The molecule has 1 atom stereocenters. The van der Waals surface area contributed by atoms with Gasteiger partial charge in [0.15, 0.2) is 0 Å². The Morgan fingerprint density at radius 1 is 0.824 bits per heavy atom. The Morgan fingerprint density at radius 2 is 1.18 bits per heavy atom. The standard InChI is InChI=1S/C16H17Cl/c1-13(17)16(2,14-9-5-3-6-10-14)15-11-7-4-8-12-15/h3-13H,1-2H3. The van der Waals surface area contributed by atoms with E-state index in [1.54, 1.807) is 0 Å². The normalized spacial score (nSPS) is 13.4. The number of halogens is 1. The number of rotatable bonds is 3. The minimum atomic E-state index is -0.149. The minimum absolute atomic E-state index is 0.0345. The molecule has 0 saturated carbocycles. The van der Waals surface area contributed by atoms with Crippen molar-refractivity contribution in [2.75, 3.05) is 0 Å². The van der Waals surface area contributed by atoms with Gasteiger partial charge in [0.25, 0.3) is 0 Å². The molecule has 17 heavy (non-hydrogen) atoms. The van der Waals surface area contributed by atoms with Crippen molar-refractivity contribution in [2.45, 2.75) is 24.6 Å². The monoisotopic (exact) mass is 244 g/mol. The highest BCUT2D eigenvalue weighted by atomic mass is 35.5. The molecule has 0 N–H and O–H groups in total. The van der Waals surface area contributed by atoms with Gasteiger partial charge in [-0.1, -0.05) is 60.7 Å². The van der Waals surface area contributed by atoms with E-state index in [1.807, 2.05) is 12.1 Å². The molecule has 0 saturated heterocycles. The average molecular weight is 245 g/mol. The van der Waals surface area contributed by atoms with Crippen LogP contribution in [-0.2, 0) is 5.41 Å². The number of benzene rings is 2.